The van der Waals surface area contributed by atoms with Crippen LogP contribution in [0.15, 0.2) is 42.6 Å². The molecule has 1 unspecified atom stereocenters. The first-order valence-corrected chi connectivity index (χ1v) is 14.2. The predicted molar refractivity (Wildman–Crippen MR) is 149 cm³/mol. The first-order valence-electron chi connectivity index (χ1n) is 14.2. The number of carbonyl (C=O) groups excluding carboxylic acids is 2. The topological polar surface area (TPSA) is 107 Å². The summed E-state index contributed by atoms with van der Waals surface area (Å²) in [7, 11) is 0. The maximum atomic E-state index is 14.1. The highest BCUT2D eigenvalue weighted by atomic mass is 19.3. The Morgan fingerprint density at radius 3 is 2.31 bits per heavy atom. The fourth-order valence-corrected chi connectivity index (χ4v) is 6.64. The number of hydrogen-bond donors (Lipinski definition) is 2. The van der Waals surface area contributed by atoms with Crippen LogP contribution in [0, 0.1) is 17.8 Å². The monoisotopic (exact) mass is 580 g/mol. The van der Waals surface area contributed by atoms with Crippen molar-refractivity contribution in [2.75, 3.05) is 0 Å². The molecular formula is C32H34F2N2O6. The lowest BCUT2D eigenvalue weighted by atomic mass is 9.53. The zero-order valence-electron chi connectivity index (χ0n) is 24.1. The van der Waals surface area contributed by atoms with E-state index in [1.165, 1.54) is 12.1 Å². The number of phenolic OH excluding ortho intramolecular Hbond substituents is 1. The number of benzene rings is 2. The van der Waals surface area contributed by atoms with E-state index in [-0.39, 0.29) is 29.1 Å². The summed E-state index contributed by atoms with van der Waals surface area (Å²) in [6.07, 6.45) is 0.958. The molecule has 2 N–H and O–H groups in total. The fourth-order valence-electron chi connectivity index (χ4n) is 6.64. The van der Waals surface area contributed by atoms with Crippen LogP contribution in [0.2, 0.25) is 0 Å². The smallest absolute Gasteiger partial charge is 0.505 e. The Morgan fingerprint density at radius 2 is 1.64 bits per heavy atom. The van der Waals surface area contributed by atoms with Gasteiger partial charge < -0.3 is 24.6 Å². The second kappa shape index (κ2) is 9.54. The van der Waals surface area contributed by atoms with Gasteiger partial charge in [0.05, 0.1) is 11.5 Å². The van der Waals surface area contributed by atoms with E-state index >= 15 is 0 Å². The van der Waals surface area contributed by atoms with E-state index in [4.69, 9.17) is 9.47 Å². The summed E-state index contributed by atoms with van der Waals surface area (Å²) in [5.41, 5.74) is 0.124. The molecule has 3 fully saturated rings. The Labute approximate surface area is 242 Å². The van der Waals surface area contributed by atoms with Gasteiger partial charge in [-0.1, -0.05) is 12.1 Å². The molecule has 8 nitrogen and oxygen atoms in total. The van der Waals surface area contributed by atoms with Crippen molar-refractivity contribution < 1.29 is 37.7 Å². The second-order valence-corrected chi connectivity index (χ2v) is 12.9. The Kier molecular flexibility index (Phi) is 6.40. The largest absolute Gasteiger partial charge is 0.586 e. The molecule has 0 saturated heterocycles. The average molecular weight is 581 g/mol. The number of rotatable bonds is 5. The standard InChI is InChI=1S/C32H34F2N2O6/c1-18-16-21(26(37)25-20(18)6-5-15-35-25)24(19-7-8-22-23(17-19)41-32(33,34)40-22)36-27(38)30-9-12-31(13-10-30,14-11-30)28(39)42-29(2,3)4/h5-8,15-17,24,37H,9-14H2,1-4H3,(H,36,38). The number of carbonyl (C=O) groups is 2. The minimum absolute atomic E-state index is 0.113. The molecule has 2 heterocycles. The number of ether oxygens (including phenoxy) is 3. The van der Waals surface area contributed by atoms with Crippen LogP contribution in [0.1, 0.15) is 82.0 Å². The number of aromatic nitrogens is 1. The van der Waals surface area contributed by atoms with Gasteiger partial charge in [-0.05, 0) is 102 Å². The molecule has 42 heavy (non-hydrogen) atoms. The molecule has 0 spiro atoms. The molecule has 2 bridgehead atoms. The van der Waals surface area contributed by atoms with E-state index in [0.717, 1.165) is 10.9 Å². The number of hydrogen-bond acceptors (Lipinski definition) is 7. The van der Waals surface area contributed by atoms with Gasteiger partial charge in [-0.15, -0.1) is 8.78 Å². The summed E-state index contributed by atoms with van der Waals surface area (Å²) in [6.45, 7) is 7.43. The van der Waals surface area contributed by atoms with Crippen LogP contribution >= 0.6 is 0 Å². The molecule has 1 amide bonds. The van der Waals surface area contributed by atoms with E-state index < -0.39 is 28.8 Å². The molecule has 3 aromatic rings. The number of nitrogens with one attached hydrogen (secondary N) is 1. The summed E-state index contributed by atoms with van der Waals surface area (Å²) in [5.74, 6) is -0.819. The molecule has 222 valence electrons. The van der Waals surface area contributed by atoms with Crippen LogP contribution in [0.3, 0.4) is 0 Å². The van der Waals surface area contributed by atoms with Crippen molar-refractivity contribution in [1.82, 2.24) is 10.3 Å². The Hall–Kier alpha value is -3.95. The van der Waals surface area contributed by atoms with Crippen molar-refractivity contribution >= 4 is 22.8 Å². The van der Waals surface area contributed by atoms with Crippen molar-refractivity contribution in [3.8, 4) is 17.2 Å². The number of esters is 1. The lowest BCUT2D eigenvalue weighted by Gasteiger charge is -2.51. The van der Waals surface area contributed by atoms with Crippen molar-refractivity contribution in [2.45, 2.75) is 84.2 Å². The van der Waals surface area contributed by atoms with Gasteiger partial charge in [-0.3, -0.25) is 14.6 Å². The van der Waals surface area contributed by atoms with E-state index in [1.54, 1.807) is 24.4 Å². The average Bonchev–Trinajstić information content (AvgIpc) is 3.26. The molecule has 2 aromatic carbocycles. The van der Waals surface area contributed by atoms with Crippen LogP contribution in [0.4, 0.5) is 8.78 Å². The summed E-state index contributed by atoms with van der Waals surface area (Å²) in [5, 5.41) is 15.3. The van der Waals surface area contributed by atoms with Gasteiger partial charge in [0.25, 0.3) is 0 Å². The highest BCUT2D eigenvalue weighted by Crippen LogP contribution is 2.58. The van der Waals surface area contributed by atoms with Crippen LogP contribution < -0.4 is 14.8 Å². The molecule has 7 rings (SSSR count). The summed E-state index contributed by atoms with van der Waals surface area (Å²) >= 11 is 0. The molecule has 0 radical (unpaired) electrons. The van der Waals surface area contributed by atoms with E-state index in [2.05, 4.69) is 15.0 Å². The lowest BCUT2D eigenvalue weighted by Crippen LogP contribution is -2.54. The zero-order chi connectivity index (χ0) is 30.1. The number of aryl methyl sites for hydroxylation is 1. The molecule has 10 heteroatoms. The maximum absolute atomic E-state index is 14.1. The zero-order valence-corrected chi connectivity index (χ0v) is 24.1. The van der Waals surface area contributed by atoms with Gasteiger partial charge in [0.1, 0.15) is 16.9 Å². The first-order chi connectivity index (χ1) is 19.7. The Morgan fingerprint density at radius 1 is 1.00 bits per heavy atom. The molecule has 3 aliphatic carbocycles. The third-order valence-corrected chi connectivity index (χ3v) is 9.01. The molecule has 4 aliphatic rings. The third kappa shape index (κ3) is 4.80. The molecule has 1 aliphatic heterocycles. The van der Waals surface area contributed by atoms with Crippen molar-refractivity contribution in [3.05, 3.63) is 59.3 Å². The minimum Gasteiger partial charge on any atom is -0.505 e. The number of alkyl halides is 2. The van der Waals surface area contributed by atoms with Gasteiger partial charge in [0.2, 0.25) is 5.91 Å². The van der Waals surface area contributed by atoms with Crippen LogP contribution in [0.25, 0.3) is 10.9 Å². The predicted octanol–water partition coefficient (Wildman–Crippen LogP) is 6.46. The number of amides is 1. The molecular weight excluding hydrogens is 546 g/mol. The molecule has 1 aromatic heterocycles. The van der Waals surface area contributed by atoms with E-state index in [0.29, 0.717) is 55.2 Å². The third-order valence-electron chi connectivity index (χ3n) is 9.01. The van der Waals surface area contributed by atoms with E-state index in [9.17, 15) is 23.5 Å². The van der Waals surface area contributed by atoms with Gasteiger partial charge in [-0.25, -0.2) is 0 Å². The van der Waals surface area contributed by atoms with Crippen LogP contribution in [-0.2, 0) is 14.3 Å². The van der Waals surface area contributed by atoms with Gasteiger partial charge >= 0.3 is 12.3 Å². The van der Waals surface area contributed by atoms with Crippen molar-refractivity contribution in [3.63, 3.8) is 0 Å². The highest BCUT2D eigenvalue weighted by Gasteiger charge is 2.57. The highest BCUT2D eigenvalue weighted by molar-refractivity contribution is 5.90. The van der Waals surface area contributed by atoms with Crippen LogP contribution in [0.5, 0.6) is 17.2 Å². The van der Waals surface area contributed by atoms with Crippen LogP contribution in [-0.4, -0.2) is 33.9 Å². The summed E-state index contributed by atoms with van der Waals surface area (Å²) in [6, 6.07) is 8.81. The Bertz CT molecular complexity index is 1570. The molecule has 3 saturated carbocycles. The second-order valence-electron chi connectivity index (χ2n) is 12.9. The van der Waals surface area contributed by atoms with Gasteiger partial charge in [0.15, 0.2) is 11.5 Å². The number of nitrogens with zero attached hydrogens (tertiary/aromatic N) is 1. The van der Waals surface area contributed by atoms with Crippen molar-refractivity contribution in [1.29, 1.82) is 0 Å². The SMILES string of the molecule is Cc1cc(C(NC(=O)C23CCC(C(=O)OC(C)(C)C)(CC2)CC3)c2ccc3c(c2)OC(F)(F)O3)c(O)c2ncccc12. The van der Waals surface area contributed by atoms with Gasteiger partial charge in [-0.2, -0.15) is 0 Å². The number of fused-ring (bicyclic) bond motifs is 5. The normalized spacial score (nSPS) is 24.8. The molecule has 1 atom stereocenters. The fraction of sp³-hybridized carbons (Fsp3) is 0.469. The van der Waals surface area contributed by atoms with E-state index in [1.807, 2.05) is 33.8 Å². The minimum atomic E-state index is -3.80. The van der Waals surface area contributed by atoms with Crippen molar-refractivity contribution in [2.24, 2.45) is 10.8 Å². The first kappa shape index (κ1) is 28.2. The number of phenols is 1. The number of aromatic hydroxyl groups is 1. The quantitative estimate of drug-likeness (QED) is 0.334. The summed E-state index contributed by atoms with van der Waals surface area (Å²) < 4.78 is 42.6. The Balaban J connectivity index is 1.34. The maximum Gasteiger partial charge on any atom is 0.586 e. The number of pyridine rings is 1. The summed E-state index contributed by atoms with van der Waals surface area (Å²) in [4.78, 5) is 31.6. The number of halogens is 2. The van der Waals surface area contributed by atoms with Gasteiger partial charge in [0, 0.05) is 22.6 Å². The lowest BCUT2D eigenvalue weighted by molar-refractivity contribution is -0.286.